The molecule has 1 N–H and O–H groups in total. The van der Waals surface area contributed by atoms with Gasteiger partial charge in [0.15, 0.2) is 6.10 Å². The van der Waals surface area contributed by atoms with Crippen molar-refractivity contribution in [2.75, 3.05) is 12.3 Å². The summed E-state index contributed by atoms with van der Waals surface area (Å²) in [5.74, 6) is 2.27. The van der Waals surface area contributed by atoms with Crippen molar-refractivity contribution in [3.8, 4) is 5.75 Å². The summed E-state index contributed by atoms with van der Waals surface area (Å²) in [5.41, 5.74) is 3.81. The molecule has 0 fully saturated rings. The number of thioether (sulfide) groups is 1. The van der Waals surface area contributed by atoms with Crippen LogP contribution in [-0.4, -0.2) is 24.3 Å². The topological polar surface area (TPSA) is 38.3 Å². The zero-order chi connectivity index (χ0) is 19.9. The molecule has 1 aliphatic rings. The first-order chi connectivity index (χ1) is 13.5. The van der Waals surface area contributed by atoms with Gasteiger partial charge in [-0.1, -0.05) is 35.3 Å². The van der Waals surface area contributed by atoms with Crippen LogP contribution >= 0.6 is 35.0 Å². The molecule has 1 atom stereocenters. The smallest absolute Gasteiger partial charge is 0.260 e. The largest absolute Gasteiger partial charge is 0.481 e. The number of carbonyl (C=O) groups excluding carboxylic acids is 1. The van der Waals surface area contributed by atoms with Crippen molar-refractivity contribution >= 4 is 40.9 Å². The SMILES string of the molecule is CC(Oc1ccc2c(c1)CCCC2)C(=O)NCCSCc1ccc(Cl)cc1Cl. The number of hydrogen-bond acceptors (Lipinski definition) is 3. The quantitative estimate of drug-likeness (QED) is 0.538. The van der Waals surface area contributed by atoms with E-state index in [1.807, 2.05) is 18.2 Å². The molecule has 28 heavy (non-hydrogen) atoms. The van der Waals surface area contributed by atoms with E-state index in [4.69, 9.17) is 27.9 Å². The molecule has 2 aromatic carbocycles. The van der Waals surface area contributed by atoms with E-state index in [0.29, 0.717) is 16.6 Å². The molecule has 0 aromatic heterocycles. The Labute approximate surface area is 181 Å². The van der Waals surface area contributed by atoms with Crippen molar-refractivity contribution in [1.29, 1.82) is 0 Å². The Bertz CT molecular complexity index is 828. The van der Waals surface area contributed by atoms with Gasteiger partial charge in [0.2, 0.25) is 0 Å². The van der Waals surface area contributed by atoms with E-state index in [1.54, 1.807) is 24.8 Å². The summed E-state index contributed by atoms with van der Waals surface area (Å²) < 4.78 is 5.85. The van der Waals surface area contributed by atoms with Gasteiger partial charge < -0.3 is 10.1 Å². The van der Waals surface area contributed by atoms with E-state index in [1.165, 1.54) is 24.0 Å². The lowest BCUT2D eigenvalue weighted by Gasteiger charge is -2.19. The van der Waals surface area contributed by atoms with E-state index in [-0.39, 0.29) is 5.91 Å². The minimum atomic E-state index is -0.516. The van der Waals surface area contributed by atoms with Gasteiger partial charge in [-0.3, -0.25) is 4.79 Å². The maximum absolute atomic E-state index is 12.3. The van der Waals surface area contributed by atoms with Gasteiger partial charge in [-0.05, 0) is 73.6 Å². The fourth-order valence-corrected chi connectivity index (χ4v) is 4.67. The zero-order valence-corrected chi connectivity index (χ0v) is 18.3. The lowest BCUT2D eigenvalue weighted by atomic mass is 9.92. The number of nitrogens with one attached hydrogen (secondary N) is 1. The number of hydrogen-bond donors (Lipinski definition) is 1. The van der Waals surface area contributed by atoms with Crippen LogP contribution in [-0.2, 0) is 23.4 Å². The van der Waals surface area contributed by atoms with Crippen molar-refractivity contribution in [2.24, 2.45) is 0 Å². The van der Waals surface area contributed by atoms with Crippen molar-refractivity contribution in [3.05, 3.63) is 63.1 Å². The highest BCUT2D eigenvalue weighted by atomic mass is 35.5. The van der Waals surface area contributed by atoms with Crippen LogP contribution < -0.4 is 10.1 Å². The molecule has 3 nitrogen and oxygen atoms in total. The Morgan fingerprint density at radius 2 is 1.93 bits per heavy atom. The average Bonchev–Trinajstić information content (AvgIpc) is 2.69. The van der Waals surface area contributed by atoms with Crippen molar-refractivity contribution in [2.45, 2.75) is 44.5 Å². The van der Waals surface area contributed by atoms with Gasteiger partial charge in [0.25, 0.3) is 5.91 Å². The number of aryl methyl sites for hydroxylation is 2. The van der Waals surface area contributed by atoms with E-state index >= 15 is 0 Å². The first kappa shape index (κ1) is 21.4. The normalized spacial score (nSPS) is 14.2. The molecule has 0 aliphatic heterocycles. The van der Waals surface area contributed by atoms with E-state index in [9.17, 15) is 4.79 Å². The van der Waals surface area contributed by atoms with E-state index < -0.39 is 6.10 Å². The lowest BCUT2D eigenvalue weighted by molar-refractivity contribution is -0.127. The van der Waals surface area contributed by atoms with E-state index in [2.05, 4.69) is 17.4 Å². The maximum atomic E-state index is 12.3. The molecule has 0 bridgehead atoms. The standard InChI is InChI=1S/C22H25Cl2NO2S/c1-15(27-20-9-7-16-4-2-3-5-17(16)12-20)22(26)25-10-11-28-14-18-6-8-19(23)13-21(18)24/h6-9,12-13,15H,2-5,10-11,14H2,1H3,(H,25,26). The second-order valence-electron chi connectivity index (χ2n) is 6.98. The minimum absolute atomic E-state index is 0.0946. The van der Waals surface area contributed by atoms with Crippen LogP contribution in [0.2, 0.25) is 10.0 Å². The molecule has 2 aromatic rings. The fourth-order valence-electron chi connectivity index (χ4n) is 3.25. The summed E-state index contributed by atoms with van der Waals surface area (Å²) in [7, 11) is 0. The lowest BCUT2D eigenvalue weighted by Crippen LogP contribution is -2.37. The molecular formula is C22H25Cl2NO2S. The number of fused-ring (bicyclic) bond motifs is 1. The molecule has 0 spiro atoms. The molecule has 1 amide bonds. The summed E-state index contributed by atoms with van der Waals surface area (Å²) in [6.07, 6.45) is 4.21. The highest BCUT2D eigenvalue weighted by Gasteiger charge is 2.16. The third-order valence-corrected chi connectivity index (χ3v) is 6.42. The molecule has 0 radical (unpaired) electrons. The van der Waals surface area contributed by atoms with Crippen molar-refractivity contribution < 1.29 is 9.53 Å². The number of ether oxygens (including phenoxy) is 1. The molecule has 0 saturated carbocycles. The molecule has 6 heteroatoms. The Kier molecular flexibility index (Phi) is 7.95. The van der Waals surface area contributed by atoms with Gasteiger partial charge in [0, 0.05) is 28.1 Å². The van der Waals surface area contributed by atoms with Gasteiger partial charge in [0.1, 0.15) is 5.75 Å². The third-order valence-electron chi connectivity index (χ3n) is 4.82. The fraction of sp³-hybridized carbons (Fsp3) is 0.409. The van der Waals surface area contributed by atoms with Gasteiger partial charge in [-0.15, -0.1) is 0 Å². The van der Waals surface area contributed by atoms with Crippen LogP contribution in [0, 0.1) is 0 Å². The van der Waals surface area contributed by atoms with Crippen LogP contribution in [0.5, 0.6) is 5.75 Å². The predicted octanol–water partition coefficient (Wildman–Crippen LogP) is 5.69. The maximum Gasteiger partial charge on any atom is 0.260 e. The zero-order valence-electron chi connectivity index (χ0n) is 16.0. The Hall–Kier alpha value is -1.36. The molecule has 1 aliphatic carbocycles. The van der Waals surface area contributed by atoms with Gasteiger partial charge in [-0.25, -0.2) is 0 Å². The van der Waals surface area contributed by atoms with Crippen LogP contribution in [0.15, 0.2) is 36.4 Å². The van der Waals surface area contributed by atoms with Crippen LogP contribution in [0.3, 0.4) is 0 Å². The van der Waals surface area contributed by atoms with Crippen molar-refractivity contribution in [1.82, 2.24) is 5.32 Å². The van der Waals surface area contributed by atoms with Crippen molar-refractivity contribution in [3.63, 3.8) is 0 Å². The highest BCUT2D eigenvalue weighted by molar-refractivity contribution is 7.98. The van der Waals surface area contributed by atoms with Crippen LogP contribution in [0.1, 0.15) is 36.5 Å². The van der Waals surface area contributed by atoms with Gasteiger partial charge >= 0.3 is 0 Å². The Balaban J connectivity index is 1.38. The number of carbonyl (C=O) groups is 1. The molecular weight excluding hydrogens is 413 g/mol. The summed E-state index contributed by atoms with van der Waals surface area (Å²) in [6.45, 7) is 2.38. The first-order valence-corrected chi connectivity index (χ1v) is 11.5. The van der Waals surface area contributed by atoms with Crippen LogP contribution in [0.25, 0.3) is 0 Å². The predicted molar refractivity (Wildman–Crippen MR) is 119 cm³/mol. The summed E-state index contributed by atoms with van der Waals surface area (Å²) >= 11 is 13.8. The monoisotopic (exact) mass is 437 g/mol. The number of halogens is 2. The average molecular weight is 438 g/mol. The first-order valence-electron chi connectivity index (χ1n) is 9.61. The molecule has 150 valence electrons. The van der Waals surface area contributed by atoms with Gasteiger partial charge in [-0.2, -0.15) is 11.8 Å². The summed E-state index contributed by atoms with van der Waals surface area (Å²) in [5, 5.41) is 4.25. The number of amides is 1. The highest BCUT2D eigenvalue weighted by Crippen LogP contribution is 2.26. The minimum Gasteiger partial charge on any atom is -0.481 e. The molecule has 0 saturated heterocycles. The van der Waals surface area contributed by atoms with Crippen LogP contribution in [0.4, 0.5) is 0 Å². The van der Waals surface area contributed by atoms with E-state index in [0.717, 1.165) is 35.7 Å². The second-order valence-corrected chi connectivity index (χ2v) is 8.93. The molecule has 1 unspecified atom stereocenters. The second kappa shape index (κ2) is 10.4. The summed E-state index contributed by atoms with van der Waals surface area (Å²) in [4.78, 5) is 12.3. The number of benzene rings is 2. The Morgan fingerprint density at radius 1 is 1.14 bits per heavy atom. The summed E-state index contributed by atoms with van der Waals surface area (Å²) in [6, 6.07) is 11.7. The van der Waals surface area contributed by atoms with Gasteiger partial charge in [0.05, 0.1) is 0 Å². The molecule has 0 heterocycles. The number of rotatable bonds is 8. The Morgan fingerprint density at radius 3 is 2.71 bits per heavy atom. The third kappa shape index (κ3) is 6.07. The molecule has 3 rings (SSSR count).